The third kappa shape index (κ3) is 3.57. The molecule has 0 aliphatic rings. The maximum absolute atomic E-state index is 13.1. The predicted molar refractivity (Wildman–Crippen MR) is 93.1 cm³/mol. The Labute approximate surface area is 152 Å². The van der Waals surface area contributed by atoms with Crippen molar-refractivity contribution in [2.24, 2.45) is 7.05 Å². The number of rotatable bonds is 3. The van der Waals surface area contributed by atoms with Crippen molar-refractivity contribution in [2.45, 2.75) is 6.18 Å². The molecule has 0 atom stereocenters. The van der Waals surface area contributed by atoms with Crippen LogP contribution in [0.3, 0.4) is 0 Å². The Morgan fingerprint density at radius 2 is 1.69 bits per heavy atom. The summed E-state index contributed by atoms with van der Waals surface area (Å²) < 4.78 is 40.2. The Morgan fingerprint density at radius 3 is 2.35 bits per heavy atom. The van der Waals surface area contributed by atoms with Gasteiger partial charge in [-0.2, -0.15) is 18.3 Å². The van der Waals surface area contributed by atoms with Crippen LogP contribution in [0.5, 0.6) is 0 Å². The minimum Gasteiger partial charge on any atom is -0.321 e. The zero-order valence-electron chi connectivity index (χ0n) is 13.5. The van der Waals surface area contributed by atoms with E-state index in [1.54, 1.807) is 48.5 Å². The van der Waals surface area contributed by atoms with Crippen molar-refractivity contribution in [1.29, 1.82) is 0 Å². The number of nitrogens with one attached hydrogen (secondary N) is 1. The molecular formula is C18H13ClF3N3O. The number of anilines is 1. The van der Waals surface area contributed by atoms with Crippen molar-refractivity contribution < 1.29 is 18.0 Å². The molecule has 1 aromatic heterocycles. The third-order valence-corrected chi connectivity index (χ3v) is 4.01. The van der Waals surface area contributed by atoms with Gasteiger partial charge in [0.2, 0.25) is 0 Å². The van der Waals surface area contributed by atoms with Crippen LogP contribution in [-0.2, 0) is 13.2 Å². The van der Waals surface area contributed by atoms with E-state index in [1.807, 2.05) is 0 Å². The number of nitrogens with zero attached hydrogens (tertiary/aromatic N) is 2. The molecule has 1 heterocycles. The maximum atomic E-state index is 13.1. The Balaban J connectivity index is 1.99. The molecule has 0 bridgehead atoms. The van der Waals surface area contributed by atoms with Gasteiger partial charge in [0.25, 0.3) is 5.91 Å². The lowest BCUT2D eigenvalue weighted by Crippen LogP contribution is -2.18. The number of amides is 1. The van der Waals surface area contributed by atoms with Gasteiger partial charge in [-0.25, -0.2) is 0 Å². The number of alkyl halides is 3. The average molecular weight is 380 g/mol. The number of hydrogen-bond donors (Lipinski definition) is 1. The van der Waals surface area contributed by atoms with Crippen LogP contribution in [-0.4, -0.2) is 15.7 Å². The summed E-state index contributed by atoms with van der Waals surface area (Å²) in [6.45, 7) is 0. The first-order valence-corrected chi connectivity index (χ1v) is 7.91. The second-order valence-corrected chi connectivity index (χ2v) is 5.95. The minimum atomic E-state index is -4.73. The van der Waals surface area contributed by atoms with Crippen molar-refractivity contribution in [3.63, 3.8) is 0 Å². The summed E-state index contributed by atoms with van der Waals surface area (Å²) in [6, 6.07) is 13.7. The van der Waals surface area contributed by atoms with Crippen molar-refractivity contribution in [3.05, 3.63) is 71.0 Å². The normalized spacial score (nSPS) is 11.4. The monoisotopic (exact) mass is 379 g/mol. The third-order valence-electron chi connectivity index (χ3n) is 3.68. The van der Waals surface area contributed by atoms with Gasteiger partial charge in [-0.3, -0.25) is 9.48 Å². The fourth-order valence-electron chi connectivity index (χ4n) is 2.56. The van der Waals surface area contributed by atoms with Crippen LogP contribution in [0, 0.1) is 0 Å². The zero-order valence-corrected chi connectivity index (χ0v) is 14.3. The summed E-state index contributed by atoms with van der Waals surface area (Å²) in [5, 5.41) is 6.34. The molecule has 134 valence electrons. The van der Waals surface area contributed by atoms with E-state index in [-0.39, 0.29) is 0 Å². The molecule has 3 rings (SSSR count). The Bertz CT molecular complexity index is 966. The fraction of sp³-hybridized carbons (Fsp3) is 0.111. The maximum Gasteiger partial charge on any atom is 0.435 e. The Morgan fingerprint density at radius 1 is 1.08 bits per heavy atom. The van der Waals surface area contributed by atoms with E-state index in [0.717, 1.165) is 10.9 Å². The van der Waals surface area contributed by atoms with Gasteiger partial charge in [0.15, 0.2) is 5.69 Å². The molecule has 3 aromatic rings. The first-order valence-electron chi connectivity index (χ1n) is 7.53. The minimum absolute atomic E-state index is 0.350. The predicted octanol–water partition coefficient (Wildman–Crippen LogP) is 5.01. The molecule has 0 unspecified atom stereocenters. The molecule has 2 aromatic carbocycles. The quantitative estimate of drug-likeness (QED) is 0.695. The SMILES string of the molecule is Cn1cc(C(=O)Nc2ccccc2-c2ccccc2Cl)c(C(F)(F)F)n1. The number of benzene rings is 2. The summed E-state index contributed by atoms with van der Waals surface area (Å²) >= 11 is 6.20. The Kier molecular flexibility index (Phi) is 4.73. The van der Waals surface area contributed by atoms with Gasteiger partial charge in [0.1, 0.15) is 0 Å². The second-order valence-electron chi connectivity index (χ2n) is 5.54. The van der Waals surface area contributed by atoms with Crippen LogP contribution >= 0.6 is 11.6 Å². The summed E-state index contributed by atoms with van der Waals surface area (Å²) in [6.07, 6.45) is -3.69. The average Bonchev–Trinajstić information content (AvgIpc) is 2.98. The first kappa shape index (κ1) is 18.0. The summed E-state index contributed by atoms with van der Waals surface area (Å²) in [5.41, 5.74) is -0.166. The van der Waals surface area contributed by atoms with Gasteiger partial charge in [-0.15, -0.1) is 0 Å². The number of aromatic nitrogens is 2. The molecule has 0 spiro atoms. The van der Waals surface area contributed by atoms with Gasteiger partial charge in [0.05, 0.1) is 5.56 Å². The van der Waals surface area contributed by atoms with E-state index >= 15 is 0 Å². The van der Waals surface area contributed by atoms with Crippen LogP contribution in [0.25, 0.3) is 11.1 Å². The fourth-order valence-corrected chi connectivity index (χ4v) is 2.80. The largest absolute Gasteiger partial charge is 0.435 e. The summed E-state index contributed by atoms with van der Waals surface area (Å²) in [4.78, 5) is 12.5. The molecule has 0 aliphatic carbocycles. The van der Waals surface area contributed by atoms with Crippen LogP contribution in [0.15, 0.2) is 54.7 Å². The molecular weight excluding hydrogens is 367 g/mol. The lowest BCUT2D eigenvalue weighted by Gasteiger charge is -2.13. The van der Waals surface area contributed by atoms with Crippen molar-refractivity contribution >= 4 is 23.2 Å². The van der Waals surface area contributed by atoms with Crippen LogP contribution in [0.2, 0.25) is 5.02 Å². The summed E-state index contributed by atoms with van der Waals surface area (Å²) in [7, 11) is 1.32. The van der Waals surface area contributed by atoms with E-state index in [2.05, 4.69) is 10.4 Å². The van der Waals surface area contributed by atoms with Crippen LogP contribution in [0.4, 0.5) is 18.9 Å². The topological polar surface area (TPSA) is 46.9 Å². The Hall–Kier alpha value is -2.80. The molecule has 26 heavy (non-hydrogen) atoms. The highest BCUT2D eigenvalue weighted by Crippen LogP contribution is 2.34. The van der Waals surface area contributed by atoms with Gasteiger partial charge in [0, 0.05) is 35.1 Å². The van der Waals surface area contributed by atoms with Gasteiger partial charge in [-0.05, 0) is 12.1 Å². The first-order chi connectivity index (χ1) is 12.3. The molecule has 1 amide bonds. The molecule has 1 N–H and O–H groups in total. The number of para-hydroxylation sites is 1. The lowest BCUT2D eigenvalue weighted by atomic mass is 10.0. The second kappa shape index (κ2) is 6.84. The van der Waals surface area contributed by atoms with E-state index < -0.39 is 23.3 Å². The lowest BCUT2D eigenvalue weighted by molar-refractivity contribution is -0.141. The van der Waals surface area contributed by atoms with Crippen LogP contribution < -0.4 is 5.32 Å². The number of carbonyl (C=O) groups excluding carboxylic acids is 1. The standard InChI is InChI=1S/C18H13ClF3N3O/c1-25-10-13(16(24-25)18(20,21)22)17(26)23-15-9-5-3-7-12(15)11-6-2-4-8-14(11)19/h2-10H,1H3,(H,23,26). The number of hydrogen-bond acceptors (Lipinski definition) is 2. The van der Waals surface area contributed by atoms with Crippen molar-refractivity contribution in [2.75, 3.05) is 5.32 Å². The molecule has 4 nitrogen and oxygen atoms in total. The number of aryl methyl sites for hydroxylation is 1. The molecule has 0 aliphatic heterocycles. The highest BCUT2D eigenvalue weighted by Gasteiger charge is 2.39. The van der Waals surface area contributed by atoms with E-state index in [0.29, 0.717) is 21.8 Å². The molecule has 8 heteroatoms. The number of carbonyl (C=O) groups is 1. The molecule has 0 fully saturated rings. The van der Waals surface area contributed by atoms with Gasteiger partial charge < -0.3 is 5.32 Å². The molecule has 0 saturated heterocycles. The van der Waals surface area contributed by atoms with Crippen molar-refractivity contribution in [1.82, 2.24) is 9.78 Å². The van der Waals surface area contributed by atoms with Crippen LogP contribution in [0.1, 0.15) is 16.1 Å². The van der Waals surface area contributed by atoms with E-state index in [4.69, 9.17) is 11.6 Å². The number of halogens is 4. The van der Waals surface area contributed by atoms with E-state index in [9.17, 15) is 18.0 Å². The van der Waals surface area contributed by atoms with Gasteiger partial charge >= 0.3 is 6.18 Å². The van der Waals surface area contributed by atoms with Gasteiger partial charge in [-0.1, -0.05) is 48.0 Å². The highest BCUT2D eigenvalue weighted by atomic mass is 35.5. The van der Waals surface area contributed by atoms with E-state index in [1.165, 1.54) is 7.05 Å². The molecule has 0 saturated carbocycles. The smallest absolute Gasteiger partial charge is 0.321 e. The summed E-state index contributed by atoms with van der Waals surface area (Å²) in [5.74, 6) is -0.898. The zero-order chi connectivity index (χ0) is 18.9. The highest BCUT2D eigenvalue weighted by molar-refractivity contribution is 6.33. The van der Waals surface area contributed by atoms with Crippen molar-refractivity contribution in [3.8, 4) is 11.1 Å². The molecule has 0 radical (unpaired) electrons.